The van der Waals surface area contributed by atoms with Crippen LogP contribution in [-0.2, 0) is 6.54 Å². The third kappa shape index (κ3) is 5.35. The Morgan fingerprint density at radius 3 is 2.33 bits per heavy atom. The molecule has 6 heteroatoms. The van der Waals surface area contributed by atoms with Crippen LogP contribution in [-0.4, -0.2) is 19.2 Å². The highest BCUT2D eigenvalue weighted by Gasteiger charge is 2.07. The van der Waals surface area contributed by atoms with E-state index in [-0.39, 0.29) is 6.03 Å². The molecule has 128 valence electrons. The van der Waals surface area contributed by atoms with E-state index in [4.69, 9.17) is 21.1 Å². The first-order valence-electron chi connectivity index (χ1n) is 7.81. The fraction of sp³-hybridized carbons (Fsp3) is 0.278. The maximum atomic E-state index is 11.9. The molecule has 0 radical (unpaired) electrons. The van der Waals surface area contributed by atoms with Gasteiger partial charge in [0, 0.05) is 17.3 Å². The van der Waals surface area contributed by atoms with Gasteiger partial charge in [0.2, 0.25) is 0 Å². The smallest absolute Gasteiger partial charge is 0.319 e. The highest BCUT2D eigenvalue weighted by atomic mass is 35.5. The highest BCUT2D eigenvalue weighted by molar-refractivity contribution is 6.30. The zero-order valence-electron chi connectivity index (χ0n) is 13.8. The van der Waals surface area contributed by atoms with Gasteiger partial charge in [-0.1, -0.05) is 17.7 Å². The number of benzene rings is 2. The second-order valence-corrected chi connectivity index (χ2v) is 5.40. The van der Waals surface area contributed by atoms with E-state index < -0.39 is 0 Å². The Balaban J connectivity index is 1.94. The van der Waals surface area contributed by atoms with Gasteiger partial charge in [-0.3, -0.25) is 0 Å². The molecule has 0 bridgehead atoms. The van der Waals surface area contributed by atoms with Crippen LogP contribution >= 0.6 is 11.6 Å². The minimum atomic E-state index is -0.288. The van der Waals surface area contributed by atoms with Gasteiger partial charge in [0.1, 0.15) is 0 Å². The standard InChI is InChI=1S/C18H21ClN2O3/c1-3-23-16-10-5-13(11-17(16)24-4-2)12-20-18(22)21-15-8-6-14(19)7-9-15/h5-11H,3-4,12H2,1-2H3,(H2,20,21,22). The molecule has 2 rings (SSSR count). The summed E-state index contributed by atoms with van der Waals surface area (Å²) in [6, 6.07) is 12.3. The molecular weight excluding hydrogens is 328 g/mol. The molecule has 0 heterocycles. The van der Waals surface area contributed by atoms with Gasteiger partial charge in [-0.15, -0.1) is 0 Å². The van der Waals surface area contributed by atoms with E-state index in [0.29, 0.717) is 42.0 Å². The number of carbonyl (C=O) groups is 1. The monoisotopic (exact) mass is 348 g/mol. The Morgan fingerprint density at radius 1 is 1.00 bits per heavy atom. The molecule has 0 aliphatic carbocycles. The number of halogens is 1. The zero-order chi connectivity index (χ0) is 17.4. The Hall–Kier alpha value is -2.40. The number of rotatable bonds is 7. The van der Waals surface area contributed by atoms with E-state index in [1.165, 1.54) is 0 Å². The number of hydrogen-bond acceptors (Lipinski definition) is 3. The Kier molecular flexibility index (Phi) is 6.75. The van der Waals surface area contributed by atoms with E-state index in [1.807, 2.05) is 32.0 Å². The quantitative estimate of drug-likeness (QED) is 0.776. The summed E-state index contributed by atoms with van der Waals surface area (Å²) in [6.45, 7) is 5.34. The van der Waals surface area contributed by atoms with E-state index in [1.54, 1.807) is 24.3 Å². The molecule has 5 nitrogen and oxygen atoms in total. The van der Waals surface area contributed by atoms with Crippen LogP contribution in [0.5, 0.6) is 11.5 Å². The number of hydrogen-bond donors (Lipinski definition) is 2. The number of amides is 2. The van der Waals surface area contributed by atoms with Gasteiger partial charge >= 0.3 is 6.03 Å². The molecular formula is C18H21ClN2O3. The van der Waals surface area contributed by atoms with Crippen molar-refractivity contribution >= 4 is 23.3 Å². The largest absolute Gasteiger partial charge is 0.490 e. The summed E-state index contributed by atoms with van der Waals surface area (Å²) >= 11 is 5.81. The maximum Gasteiger partial charge on any atom is 0.319 e. The summed E-state index contributed by atoms with van der Waals surface area (Å²) in [4.78, 5) is 11.9. The van der Waals surface area contributed by atoms with Crippen molar-refractivity contribution in [1.82, 2.24) is 5.32 Å². The molecule has 0 aromatic heterocycles. The van der Waals surface area contributed by atoms with Crippen LogP contribution < -0.4 is 20.1 Å². The van der Waals surface area contributed by atoms with E-state index in [2.05, 4.69) is 10.6 Å². The average molecular weight is 349 g/mol. The summed E-state index contributed by atoms with van der Waals surface area (Å²) in [5.41, 5.74) is 1.60. The summed E-state index contributed by atoms with van der Waals surface area (Å²) in [5.74, 6) is 1.38. The number of anilines is 1. The van der Waals surface area contributed by atoms with Crippen molar-refractivity contribution in [2.45, 2.75) is 20.4 Å². The third-order valence-electron chi connectivity index (χ3n) is 3.16. The third-order valence-corrected chi connectivity index (χ3v) is 3.41. The Morgan fingerprint density at radius 2 is 1.67 bits per heavy atom. The second-order valence-electron chi connectivity index (χ2n) is 4.96. The van der Waals surface area contributed by atoms with Crippen LogP contribution in [0.25, 0.3) is 0 Å². The summed E-state index contributed by atoms with van der Waals surface area (Å²) in [7, 11) is 0. The number of carbonyl (C=O) groups excluding carboxylic acids is 1. The van der Waals surface area contributed by atoms with E-state index in [9.17, 15) is 4.79 Å². The molecule has 2 aromatic rings. The predicted molar refractivity (Wildman–Crippen MR) is 96.1 cm³/mol. The normalized spacial score (nSPS) is 10.1. The van der Waals surface area contributed by atoms with Gasteiger partial charge in [-0.05, 0) is 55.8 Å². The summed E-state index contributed by atoms with van der Waals surface area (Å²) in [6.07, 6.45) is 0. The van der Waals surface area contributed by atoms with Crippen LogP contribution in [0, 0.1) is 0 Å². The first kappa shape index (κ1) is 17.9. The van der Waals surface area contributed by atoms with Crippen molar-refractivity contribution in [3.63, 3.8) is 0 Å². The number of nitrogens with one attached hydrogen (secondary N) is 2. The van der Waals surface area contributed by atoms with Crippen LogP contribution in [0.2, 0.25) is 5.02 Å². The van der Waals surface area contributed by atoms with Gasteiger partial charge in [-0.25, -0.2) is 4.79 Å². The minimum absolute atomic E-state index is 0.288. The highest BCUT2D eigenvalue weighted by Crippen LogP contribution is 2.28. The first-order valence-corrected chi connectivity index (χ1v) is 8.19. The summed E-state index contributed by atoms with van der Waals surface area (Å²) < 4.78 is 11.1. The van der Waals surface area contributed by atoms with Crippen molar-refractivity contribution in [3.8, 4) is 11.5 Å². The van der Waals surface area contributed by atoms with Crippen molar-refractivity contribution in [2.24, 2.45) is 0 Å². The van der Waals surface area contributed by atoms with Gasteiger partial charge in [-0.2, -0.15) is 0 Å². The lowest BCUT2D eigenvalue weighted by Gasteiger charge is -2.13. The number of urea groups is 1. The fourth-order valence-corrected chi connectivity index (χ4v) is 2.22. The van der Waals surface area contributed by atoms with Crippen molar-refractivity contribution < 1.29 is 14.3 Å². The lowest BCUT2D eigenvalue weighted by Crippen LogP contribution is -2.28. The molecule has 0 atom stereocenters. The topological polar surface area (TPSA) is 59.6 Å². The average Bonchev–Trinajstić information content (AvgIpc) is 2.57. The minimum Gasteiger partial charge on any atom is -0.490 e. The lowest BCUT2D eigenvalue weighted by atomic mass is 10.2. The molecule has 0 saturated heterocycles. The van der Waals surface area contributed by atoms with Crippen LogP contribution in [0.1, 0.15) is 19.4 Å². The molecule has 2 aromatic carbocycles. The van der Waals surface area contributed by atoms with Crippen molar-refractivity contribution in [3.05, 3.63) is 53.1 Å². The van der Waals surface area contributed by atoms with E-state index >= 15 is 0 Å². The zero-order valence-corrected chi connectivity index (χ0v) is 14.5. The molecule has 0 spiro atoms. The maximum absolute atomic E-state index is 11.9. The first-order chi connectivity index (χ1) is 11.6. The molecule has 0 aliphatic heterocycles. The van der Waals surface area contributed by atoms with Gasteiger partial charge in [0.25, 0.3) is 0 Å². The molecule has 2 amide bonds. The molecule has 0 unspecified atom stereocenters. The Labute approximate surface area is 146 Å². The van der Waals surface area contributed by atoms with Crippen LogP contribution in [0.3, 0.4) is 0 Å². The number of ether oxygens (including phenoxy) is 2. The van der Waals surface area contributed by atoms with Crippen molar-refractivity contribution in [2.75, 3.05) is 18.5 Å². The van der Waals surface area contributed by atoms with Crippen LogP contribution in [0.15, 0.2) is 42.5 Å². The van der Waals surface area contributed by atoms with E-state index in [0.717, 1.165) is 5.56 Å². The van der Waals surface area contributed by atoms with Gasteiger partial charge in [0.15, 0.2) is 11.5 Å². The van der Waals surface area contributed by atoms with Gasteiger partial charge in [0.05, 0.1) is 13.2 Å². The molecule has 0 saturated carbocycles. The predicted octanol–water partition coefficient (Wildman–Crippen LogP) is 4.46. The summed E-state index contributed by atoms with van der Waals surface area (Å²) in [5, 5.41) is 6.17. The molecule has 24 heavy (non-hydrogen) atoms. The fourth-order valence-electron chi connectivity index (χ4n) is 2.10. The van der Waals surface area contributed by atoms with Crippen molar-refractivity contribution in [1.29, 1.82) is 0 Å². The SMILES string of the molecule is CCOc1ccc(CNC(=O)Nc2ccc(Cl)cc2)cc1OCC. The van der Waals surface area contributed by atoms with Gasteiger partial charge < -0.3 is 20.1 Å². The molecule has 0 aliphatic rings. The molecule has 2 N–H and O–H groups in total. The van der Waals surface area contributed by atoms with Crippen LogP contribution in [0.4, 0.5) is 10.5 Å². The molecule has 0 fully saturated rings. The lowest BCUT2D eigenvalue weighted by molar-refractivity contribution is 0.251. The Bertz CT molecular complexity index is 674. The second kappa shape index (κ2) is 9.03.